The van der Waals surface area contributed by atoms with Gasteiger partial charge in [-0.3, -0.25) is 9.69 Å². The van der Waals surface area contributed by atoms with Gasteiger partial charge in [-0.15, -0.1) is 0 Å². The van der Waals surface area contributed by atoms with Crippen molar-refractivity contribution in [3.05, 3.63) is 0 Å². The molecule has 1 unspecified atom stereocenters. The van der Waals surface area contributed by atoms with Crippen LogP contribution in [0.1, 0.15) is 46.0 Å². The second-order valence-electron chi connectivity index (χ2n) is 5.53. The quantitative estimate of drug-likeness (QED) is 0.711. The fraction of sp³-hybridized carbons (Fsp3) is 0.929. The maximum atomic E-state index is 11.2. The van der Waals surface area contributed by atoms with Crippen LogP contribution in [0, 0.1) is 5.92 Å². The minimum absolute atomic E-state index is 0.304. The number of carbonyl (C=O) groups is 1. The monoisotopic (exact) mass is 257 g/mol. The Morgan fingerprint density at radius 1 is 1.33 bits per heavy atom. The fourth-order valence-corrected chi connectivity index (χ4v) is 2.32. The van der Waals surface area contributed by atoms with E-state index >= 15 is 0 Å². The van der Waals surface area contributed by atoms with Gasteiger partial charge < -0.3 is 9.84 Å². The highest BCUT2D eigenvalue weighted by molar-refractivity contribution is 5.73. The molecule has 0 aliphatic carbocycles. The lowest BCUT2D eigenvalue weighted by atomic mass is 10.1. The summed E-state index contributed by atoms with van der Waals surface area (Å²) >= 11 is 0. The van der Waals surface area contributed by atoms with Crippen molar-refractivity contribution >= 4 is 5.97 Å². The van der Waals surface area contributed by atoms with Gasteiger partial charge in [0.25, 0.3) is 0 Å². The summed E-state index contributed by atoms with van der Waals surface area (Å²) in [5.41, 5.74) is 0. The van der Waals surface area contributed by atoms with E-state index < -0.39 is 5.97 Å². The number of nitrogens with zero attached hydrogens (tertiary/aromatic N) is 1. The standard InChI is InChI=1S/C14H27NO3/c1-12(2)7-10-18-11-9-15-8-5-3-4-6-13(15)14(16)17/h12-13H,3-11H2,1-2H3,(H,16,17). The summed E-state index contributed by atoms with van der Waals surface area (Å²) in [6.07, 6.45) is 5.13. The number of hydrogen-bond donors (Lipinski definition) is 1. The molecule has 0 aromatic rings. The number of likely N-dealkylation sites (tertiary alicyclic amines) is 1. The van der Waals surface area contributed by atoms with Crippen molar-refractivity contribution in [2.24, 2.45) is 5.92 Å². The molecular weight excluding hydrogens is 230 g/mol. The molecule has 0 spiro atoms. The lowest BCUT2D eigenvalue weighted by Gasteiger charge is -2.26. The van der Waals surface area contributed by atoms with Crippen LogP contribution >= 0.6 is 0 Å². The first-order valence-electron chi connectivity index (χ1n) is 7.16. The van der Waals surface area contributed by atoms with E-state index in [1.807, 2.05) is 0 Å². The highest BCUT2D eigenvalue weighted by Crippen LogP contribution is 2.16. The molecule has 4 heteroatoms. The van der Waals surface area contributed by atoms with Crippen LogP contribution in [0.4, 0.5) is 0 Å². The number of aliphatic carboxylic acids is 1. The van der Waals surface area contributed by atoms with Crippen LogP contribution in [0.5, 0.6) is 0 Å². The molecule has 1 saturated heterocycles. The van der Waals surface area contributed by atoms with Crippen molar-refractivity contribution in [1.82, 2.24) is 4.90 Å². The van der Waals surface area contributed by atoms with Crippen molar-refractivity contribution < 1.29 is 14.6 Å². The molecule has 1 rings (SSSR count). The van der Waals surface area contributed by atoms with Crippen molar-refractivity contribution in [2.75, 3.05) is 26.3 Å². The summed E-state index contributed by atoms with van der Waals surface area (Å²) < 4.78 is 5.58. The topological polar surface area (TPSA) is 49.8 Å². The van der Waals surface area contributed by atoms with Crippen LogP contribution in [0.2, 0.25) is 0 Å². The van der Waals surface area contributed by atoms with Crippen molar-refractivity contribution in [3.63, 3.8) is 0 Å². The van der Waals surface area contributed by atoms with E-state index in [2.05, 4.69) is 18.7 Å². The highest BCUT2D eigenvalue weighted by Gasteiger charge is 2.26. The molecule has 18 heavy (non-hydrogen) atoms. The van der Waals surface area contributed by atoms with Crippen LogP contribution < -0.4 is 0 Å². The van der Waals surface area contributed by atoms with Crippen molar-refractivity contribution in [3.8, 4) is 0 Å². The molecule has 106 valence electrons. The molecule has 1 fully saturated rings. The van der Waals surface area contributed by atoms with Crippen LogP contribution in [0.25, 0.3) is 0 Å². The van der Waals surface area contributed by atoms with Gasteiger partial charge in [-0.1, -0.05) is 26.7 Å². The minimum Gasteiger partial charge on any atom is -0.480 e. The van der Waals surface area contributed by atoms with Gasteiger partial charge in [-0.25, -0.2) is 0 Å². The van der Waals surface area contributed by atoms with Gasteiger partial charge in [-0.05, 0) is 31.7 Å². The zero-order chi connectivity index (χ0) is 13.4. The first-order valence-corrected chi connectivity index (χ1v) is 7.16. The zero-order valence-electron chi connectivity index (χ0n) is 11.7. The molecule has 4 nitrogen and oxygen atoms in total. The lowest BCUT2D eigenvalue weighted by molar-refractivity contribution is -0.143. The number of rotatable bonds is 7. The van der Waals surface area contributed by atoms with E-state index in [1.54, 1.807) is 0 Å². The van der Waals surface area contributed by atoms with Crippen LogP contribution in [-0.2, 0) is 9.53 Å². The van der Waals surface area contributed by atoms with E-state index in [9.17, 15) is 9.90 Å². The molecule has 0 aromatic carbocycles. The van der Waals surface area contributed by atoms with Gasteiger partial charge >= 0.3 is 5.97 Å². The Labute approximate surface area is 110 Å². The largest absolute Gasteiger partial charge is 0.480 e. The van der Waals surface area contributed by atoms with Gasteiger partial charge in [0.1, 0.15) is 6.04 Å². The second-order valence-corrected chi connectivity index (χ2v) is 5.53. The molecule has 1 aliphatic rings. The Morgan fingerprint density at radius 3 is 2.78 bits per heavy atom. The summed E-state index contributed by atoms with van der Waals surface area (Å²) in [5, 5.41) is 9.23. The van der Waals surface area contributed by atoms with E-state index in [0.717, 1.165) is 51.8 Å². The zero-order valence-corrected chi connectivity index (χ0v) is 11.7. The van der Waals surface area contributed by atoms with Gasteiger partial charge in [0, 0.05) is 13.2 Å². The van der Waals surface area contributed by atoms with E-state index in [1.165, 1.54) is 0 Å². The third-order valence-electron chi connectivity index (χ3n) is 3.51. The molecule has 0 saturated carbocycles. The summed E-state index contributed by atoms with van der Waals surface area (Å²) in [4.78, 5) is 13.3. The Bertz CT molecular complexity index is 243. The van der Waals surface area contributed by atoms with E-state index in [0.29, 0.717) is 12.5 Å². The molecular formula is C14H27NO3. The summed E-state index contributed by atoms with van der Waals surface area (Å²) in [6, 6.07) is -0.304. The Kier molecular flexibility index (Phi) is 7.28. The van der Waals surface area contributed by atoms with E-state index in [-0.39, 0.29) is 6.04 Å². The van der Waals surface area contributed by atoms with Crippen molar-refractivity contribution in [2.45, 2.75) is 52.0 Å². The van der Waals surface area contributed by atoms with Gasteiger partial charge in [-0.2, -0.15) is 0 Å². The maximum Gasteiger partial charge on any atom is 0.320 e. The third-order valence-corrected chi connectivity index (χ3v) is 3.51. The van der Waals surface area contributed by atoms with Gasteiger partial charge in [0.2, 0.25) is 0 Å². The molecule has 1 heterocycles. The Balaban J connectivity index is 2.26. The number of hydrogen-bond acceptors (Lipinski definition) is 3. The van der Waals surface area contributed by atoms with Crippen LogP contribution in [0.3, 0.4) is 0 Å². The summed E-state index contributed by atoms with van der Waals surface area (Å²) in [5.74, 6) is -0.0194. The van der Waals surface area contributed by atoms with Crippen molar-refractivity contribution in [1.29, 1.82) is 0 Å². The first kappa shape index (κ1) is 15.4. The Hall–Kier alpha value is -0.610. The smallest absolute Gasteiger partial charge is 0.320 e. The predicted molar refractivity (Wildman–Crippen MR) is 71.7 cm³/mol. The van der Waals surface area contributed by atoms with Crippen LogP contribution in [-0.4, -0.2) is 48.3 Å². The molecule has 1 atom stereocenters. The minimum atomic E-state index is -0.681. The molecule has 0 amide bonds. The second kappa shape index (κ2) is 8.48. The fourth-order valence-electron chi connectivity index (χ4n) is 2.32. The highest BCUT2D eigenvalue weighted by atomic mass is 16.5. The average Bonchev–Trinajstić information content (AvgIpc) is 2.53. The molecule has 0 bridgehead atoms. The normalized spacial score (nSPS) is 22.1. The summed E-state index contributed by atoms with van der Waals surface area (Å²) in [7, 11) is 0. The van der Waals surface area contributed by atoms with Gasteiger partial charge in [0.15, 0.2) is 0 Å². The molecule has 0 radical (unpaired) electrons. The lowest BCUT2D eigenvalue weighted by Crippen LogP contribution is -2.42. The predicted octanol–water partition coefficient (Wildman–Crippen LogP) is 2.38. The molecule has 0 aromatic heterocycles. The SMILES string of the molecule is CC(C)CCOCCN1CCCCCC1C(=O)O. The molecule has 1 aliphatic heterocycles. The average molecular weight is 257 g/mol. The van der Waals surface area contributed by atoms with Crippen LogP contribution in [0.15, 0.2) is 0 Å². The summed E-state index contributed by atoms with van der Waals surface area (Å²) in [6.45, 7) is 7.43. The Morgan fingerprint density at radius 2 is 2.11 bits per heavy atom. The number of carboxylic acids is 1. The number of carboxylic acid groups (broad SMARTS) is 1. The van der Waals surface area contributed by atoms with E-state index in [4.69, 9.17) is 4.74 Å². The maximum absolute atomic E-state index is 11.2. The third kappa shape index (κ3) is 5.83. The van der Waals surface area contributed by atoms with Gasteiger partial charge in [0.05, 0.1) is 6.61 Å². The first-order chi connectivity index (χ1) is 8.61. The number of ether oxygens (including phenoxy) is 1. The molecule has 1 N–H and O–H groups in total.